The summed E-state index contributed by atoms with van der Waals surface area (Å²) in [6.45, 7) is 1.82. The van der Waals surface area contributed by atoms with Crippen LogP contribution in [0.2, 0.25) is 5.02 Å². The summed E-state index contributed by atoms with van der Waals surface area (Å²) in [6.07, 6.45) is 0.486. The van der Waals surface area contributed by atoms with Crippen molar-refractivity contribution in [2.75, 3.05) is 0 Å². The molecular formula is C13H12BrClN2O3. The molecule has 1 atom stereocenters. The lowest BCUT2D eigenvalue weighted by Crippen LogP contribution is -2.07. The number of nitrogens with zero attached hydrogens (tertiary/aromatic N) is 2. The molecule has 1 unspecified atom stereocenters. The standard InChI is InChI=1S/C13H12BrClN2O3/c1-7(6-11(18)19)5-10-16-17-13(20-10)8-3-2-4-9(14)12(8)15/h2-4,7H,5-6H2,1H3,(H,18,19). The lowest BCUT2D eigenvalue weighted by atomic mass is 10.0. The van der Waals surface area contributed by atoms with Crippen LogP contribution in [0.1, 0.15) is 19.2 Å². The fourth-order valence-corrected chi connectivity index (χ4v) is 2.36. The second kappa shape index (κ2) is 6.37. The number of carboxylic acid groups (broad SMARTS) is 1. The number of carbonyl (C=O) groups is 1. The average molecular weight is 360 g/mol. The zero-order chi connectivity index (χ0) is 14.7. The van der Waals surface area contributed by atoms with E-state index in [1.165, 1.54) is 0 Å². The first kappa shape index (κ1) is 15.0. The third-order valence-electron chi connectivity index (χ3n) is 2.70. The number of rotatable bonds is 5. The van der Waals surface area contributed by atoms with Crippen molar-refractivity contribution in [2.24, 2.45) is 5.92 Å². The Labute approximate surface area is 129 Å². The maximum Gasteiger partial charge on any atom is 0.303 e. The highest BCUT2D eigenvalue weighted by Crippen LogP contribution is 2.33. The first-order valence-corrected chi connectivity index (χ1v) is 7.13. The van der Waals surface area contributed by atoms with E-state index in [1.807, 2.05) is 19.1 Å². The van der Waals surface area contributed by atoms with Gasteiger partial charge in [0.1, 0.15) is 0 Å². The third-order valence-corrected chi connectivity index (χ3v) is 3.99. The van der Waals surface area contributed by atoms with Gasteiger partial charge in [0.2, 0.25) is 11.8 Å². The Hall–Kier alpha value is -1.40. The van der Waals surface area contributed by atoms with Gasteiger partial charge in [-0.1, -0.05) is 24.6 Å². The van der Waals surface area contributed by atoms with Crippen LogP contribution in [0.3, 0.4) is 0 Å². The molecule has 0 aliphatic heterocycles. The topological polar surface area (TPSA) is 76.2 Å². The Bertz CT molecular complexity index is 630. The van der Waals surface area contributed by atoms with E-state index in [0.29, 0.717) is 28.8 Å². The van der Waals surface area contributed by atoms with Gasteiger partial charge in [0.05, 0.1) is 10.6 Å². The highest BCUT2D eigenvalue weighted by atomic mass is 79.9. The smallest absolute Gasteiger partial charge is 0.303 e. The number of aliphatic carboxylic acids is 1. The monoisotopic (exact) mass is 358 g/mol. The average Bonchev–Trinajstić information content (AvgIpc) is 2.79. The molecule has 7 heteroatoms. The molecule has 106 valence electrons. The molecule has 0 aliphatic rings. The Morgan fingerprint density at radius 3 is 2.95 bits per heavy atom. The Balaban J connectivity index is 2.17. The molecule has 2 aromatic rings. The van der Waals surface area contributed by atoms with E-state index in [4.69, 9.17) is 21.1 Å². The molecule has 0 spiro atoms. The van der Waals surface area contributed by atoms with E-state index in [-0.39, 0.29) is 12.3 Å². The minimum Gasteiger partial charge on any atom is -0.481 e. The zero-order valence-corrected chi connectivity index (χ0v) is 13.0. The maximum atomic E-state index is 10.6. The number of hydrogen-bond donors (Lipinski definition) is 1. The van der Waals surface area contributed by atoms with E-state index in [2.05, 4.69) is 26.1 Å². The molecule has 0 amide bonds. The fourth-order valence-electron chi connectivity index (χ4n) is 1.78. The van der Waals surface area contributed by atoms with Crippen molar-refractivity contribution < 1.29 is 14.3 Å². The molecule has 0 aliphatic carbocycles. The van der Waals surface area contributed by atoms with Gasteiger partial charge in [-0.05, 0) is 34.0 Å². The molecule has 0 saturated carbocycles. The normalized spacial score (nSPS) is 12.3. The van der Waals surface area contributed by atoms with Crippen molar-refractivity contribution in [2.45, 2.75) is 19.8 Å². The van der Waals surface area contributed by atoms with Crippen LogP contribution in [0.5, 0.6) is 0 Å². The number of carboxylic acids is 1. The predicted molar refractivity (Wildman–Crippen MR) is 77.6 cm³/mol. The van der Waals surface area contributed by atoms with E-state index in [0.717, 1.165) is 4.47 Å². The number of hydrogen-bond acceptors (Lipinski definition) is 4. The summed E-state index contributed by atoms with van der Waals surface area (Å²) in [5, 5.41) is 17.1. The minimum atomic E-state index is -0.840. The lowest BCUT2D eigenvalue weighted by Gasteiger charge is -2.04. The minimum absolute atomic E-state index is 0.0648. The summed E-state index contributed by atoms with van der Waals surface area (Å²) < 4.78 is 6.28. The molecule has 0 saturated heterocycles. The Morgan fingerprint density at radius 1 is 1.50 bits per heavy atom. The van der Waals surface area contributed by atoms with Crippen LogP contribution in [0.25, 0.3) is 11.5 Å². The van der Waals surface area contributed by atoms with Crippen LogP contribution >= 0.6 is 27.5 Å². The molecule has 0 fully saturated rings. The third kappa shape index (κ3) is 3.58. The van der Waals surface area contributed by atoms with Gasteiger partial charge < -0.3 is 9.52 Å². The van der Waals surface area contributed by atoms with Gasteiger partial charge in [0.25, 0.3) is 0 Å². The van der Waals surface area contributed by atoms with E-state index in [1.54, 1.807) is 6.07 Å². The summed E-state index contributed by atoms with van der Waals surface area (Å²) in [5.74, 6) is -0.176. The van der Waals surface area contributed by atoms with Gasteiger partial charge >= 0.3 is 5.97 Å². The van der Waals surface area contributed by atoms with Gasteiger partial charge in [0.15, 0.2) is 0 Å². The van der Waals surface area contributed by atoms with Gasteiger partial charge in [-0.3, -0.25) is 4.79 Å². The number of aromatic nitrogens is 2. The van der Waals surface area contributed by atoms with Crippen LogP contribution in [-0.4, -0.2) is 21.3 Å². The Kier molecular flexibility index (Phi) is 4.77. The van der Waals surface area contributed by atoms with Crippen LogP contribution in [0, 0.1) is 5.92 Å². The fraction of sp³-hybridized carbons (Fsp3) is 0.308. The summed E-state index contributed by atoms with van der Waals surface area (Å²) in [7, 11) is 0. The molecule has 1 aromatic carbocycles. The van der Waals surface area contributed by atoms with Crippen molar-refractivity contribution in [3.8, 4) is 11.5 Å². The molecule has 2 rings (SSSR count). The lowest BCUT2D eigenvalue weighted by molar-refractivity contribution is -0.137. The summed E-state index contributed by atoms with van der Waals surface area (Å²) in [4.78, 5) is 10.6. The van der Waals surface area contributed by atoms with Gasteiger partial charge in [-0.2, -0.15) is 0 Å². The zero-order valence-electron chi connectivity index (χ0n) is 10.6. The maximum absolute atomic E-state index is 10.6. The molecule has 0 radical (unpaired) electrons. The predicted octanol–water partition coefficient (Wildman–Crippen LogP) is 3.81. The highest BCUT2D eigenvalue weighted by Gasteiger charge is 2.16. The molecule has 0 bridgehead atoms. The van der Waals surface area contributed by atoms with Crippen LogP contribution in [0.15, 0.2) is 27.1 Å². The summed E-state index contributed by atoms with van der Waals surface area (Å²) in [5.41, 5.74) is 0.644. The van der Waals surface area contributed by atoms with Gasteiger partial charge in [0, 0.05) is 17.3 Å². The van der Waals surface area contributed by atoms with Crippen molar-refractivity contribution in [3.05, 3.63) is 33.6 Å². The Morgan fingerprint density at radius 2 is 2.25 bits per heavy atom. The second-order valence-corrected chi connectivity index (χ2v) is 5.74. The first-order valence-electron chi connectivity index (χ1n) is 5.96. The van der Waals surface area contributed by atoms with Crippen molar-refractivity contribution >= 4 is 33.5 Å². The van der Waals surface area contributed by atoms with Gasteiger partial charge in [-0.15, -0.1) is 10.2 Å². The SMILES string of the molecule is CC(CC(=O)O)Cc1nnc(-c2cccc(Br)c2Cl)o1. The van der Waals surface area contributed by atoms with Crippen LogP contribution < -0.4 is 0 Å². The second-order valence-electron chi connectivity index (χ2n) is 4.51. The highest BCUT2D eigenvalue weighted by molar-refractivity contribution is 9.10. The van der Waals surface area contributed by atoms with E-state index < -0.39 is 5.97 Å². The molecular weight excluding hydrogens is 348 g/mol. The molecule has 20 heavy (non-hydrogen) atoms. The largest absolute Gasteiger partial charge is 0.481 e. The summed E-state index contributed by atoms with van der Waals surface area (Å²) in [6, 6.07) is 5.42. The number of benzene rings is 1. The van der Waals surface area contributed by atoms with Crippen LogP contribution in [-0.2, 0) is 11.2 Å². The summed E-state index contributed by atoms with van der Waals surface area (Å²) >= 11 is 9.49. The van der Waals surface area contributed by atoms with Gasteiger partial charge in [-0.25, -0.2) is 0 Å². The molecule has 1 N–H and O–H groups in total. The van der Waals surface area contributed by atoms with Crippen molar-refractivity contribution in [3.63, 3.8) is 0 Å². The van der Waals surface area contributed by atoms with E-state index >= 15 is 0 Å². The molecule has 1 aromatic heterocycles. The van der Waals surface area contributed by atoms with Crippen molar-refractivity contribution in [1.82, 2.24) is 10.2 Å². The van der Waals surface area contributed by atoms with E-state index in [9.17, 15) is 4.79 Å². The molecule has 1 heterocycles. The molecule has 5 nitrogen and oxygen atoms in total. The quantitative estimate of drug-likeness (QED) is 0.878. The van der Waals surface area contributed by atoms with Crippen LogP contribution in [0.4, 0.5) is 0 Å². The number of halogens is 2. The first-order chi connectivity index (χ1) is 9.47. The van der Waals surface area contributed by atoms with Crippen molar-refractivity contribution in [1.29, 1.82) is 0 Å².